The smallest absolute Gasteiger partial charge is 0.251 e. The molecule has 1 heterocycles. The lowest BCUT2D eigenvalue weighted by molar-refractivity contribution is 0.0908. The minimum atomic E-state index is -3.58. The van der Waals surface area contributed by atoms with Crippen LogP contribution in [0.1, 0.15) is 39.9 Å². The van der Waals surface area contributed by atoms with Crippen LogP contribution in [0.5, 0.6) is 0 Å². The summed E-state index contributed by atoms with van der Waals surface area (Å²) in [5, 5.41) is 3.09. The average Bonchev–Trinajstić information content (AvgIpc) is 2.71. The van der Waals surface area contributed by atoms with Crippen LogP contribution in [-0.4, -0.2) is 45.4 Å². The summed E-state index contributed by atoms with van der Waals surface area (Å²) in [6.07, 6.45) is 1.76. The molecule has 2 N–H and O–H groups in total. The molecule has 0 bridgehead atoms. The number of hydrogen-bond acceptors (Lipinski definition) is 4. The Bertz CT molecular complexity index is 981. The molecule has 3 rings (SSSR count). The predicted molar refractivity (Wildman–Crippen MR) is 114 cm³/mol. The molecular formula is C22H29N3O3S. The second-order valence-corrected chi connectivity index (χ2v) is 9.52. The van der Waals surface area contributed by atoms with Gasteiger partial charge in [-0.25, -0.2) is 13.1 Å². The van der Waals surface area contributed by atoms with Gasteiger partial charge in [0.25, 0.3) is 5.91 Å². The number of carbonyl (C=O) groups is 1. The van der Waals surface area contributed by atoms with Gasteiger partial charge in [-0.1, -0.05) is 30.3 Å². The molecule has 1 amide bonds. The number of hydrogen-bond donors (Lipinski definition) is 2. The Labute approximate surface area is 173 Å². The van der Waals surface area contributed by atoms with Crippen molar-refractivity contribution in [1.29, 1.82) is 0 Å². The largest absolute Gasteiger partial charge is 0.349 e. The summed E-state index contributed by atoms with van der Waals surface area (Å²) in [4.78, 5) is 15.3. The van der Waals surface area contributed by atoms with Crippen molar-refractivity contribution < 1.29 is 13.2 Å². The van der Waals surface area contributed by atoms with Crippen LogP contribution in [0.25, 0.3) is 0 Å². The first-order valence-corrected chi connectivity index (χ1v) is 11.4. The second-order valence-electron chi connectivity index (χ2n) is 7.63. The van der Waals surface area contributed by atoms with Gasteiger partial charge in [-0.05, 0) is 62.6 Å². The fraction of sp³-hybridized carbons (Fsp3) is 0.409. The molecule has 0 unspecified atom stereocenters. The highest BCUT2D eigenvalue weighted by Crippen LogP contribution is 2.19. The number of nitrogens with one attached hydrogen (secondary N) is 2. The molecule has 156 valence electrons. The van der Waals surface area contributed by atoms with Gasteiger partial charge >= 0.3 is 0 Å². The SMILES string of the molecule is CNS(=O)(=O)c1ccc(C)c(C(=O)NC2CCN(Cc3ccccc3C)CC2)c1. The van der Waals surface area contributed by atoms with Crippen molar-refractivity contribution in [3.8, 4) is 0 Å². The van der Waals surface area contributed by atoms with E-state index in [1.54, 1.807) is 6.07 Å². The molecule has 1 saturated heterocycles. The van der Waals surface area contributed by atoms with Crippen LogP contribution in [-0.2, 0) is 16.6 Å². The summed E-state index contributed by atoms with van der Waals surface area (Å²) in [6.45, 7) is 6.72. The van der Waals surface area contributed by atoms with Gasteiger partial charge in [-0.2, -0.15) is 0 Å². The summed E-state index contributed by atoms with van der Waals surface area (Å²) >= 11 is 0. The first-order valence-electron chi connectivity index (χ1n) is 9.92. The molecule has 6 nitrogen and oxygen atoms in total. The first kappa shape index (κ1) is 21.5. The lowest BCUT2D eigenvalue weighted by atomic mass is 10.0. The Morgan fingerprint density at radius 1 is 1.07 bits per heavy atom. The Morgan fingerprint density at radius 2 is 1.76 bits per heavy atom. The number of aryl methyl sites for hydroxylation is 2. The molecule has 7 heteroatoms. The molecule has 0 aliphatic carbocycles. The highest BCUT2D eigenvalue weighted by molar-refractivity contribution is 7.89. The zero-order valence-corrected chi connectivity index (χ0v) is 18.1. The minimum absolute atomic E-state index is 0.0968. The molecule has 29 heavy (non-hydrogen) atoms. The normalized spacial score (nSPS) is 16.0. The number of carbonyl (C=O) groups excluding carboxylic acids is 1. The van der Waals surface area contributed by atoms with Gasteiger partial charge in [-0.15, -0.1) is 0 Å². The third kappa shape index (κ3) is 5.23. The first-order chi connectivity index (χ1) is 13.8. The molecule has 2 aromatic rings. The second kappa shape index (κ2) is 9.07. The molecule has 0 aromatic heterocycles. The quantitative estimate of drug-likeness (QED) is 0.760. The third-order valence-corrected chi connectivity index (χ3v) is 7.02. The summed E-state index contributed by atoms with van der Waals surface area (Å²) in [5.41, 5.74) is 3.81. The van der Waals surface area contributed by atoms with Crippen LogP contribution < -0.4 is 10.0 Å². The molecule has 0 radical (unpaired) electrons. The molecule has 0 saturated carbocycles. The van der Waals surface area contributed by atoms with E-state index < -0.39 is 10.0 Å². The molecule has 1 fully saturated rings. The average molecular weight is 416 g/mol. The maximum absolute atomic E-state index is 12.8. The van der Waals surface area contributed by atoms with Crippen molar-refractivity contribution in [3.63, 3.8) is 0 Å². The van der Waals surface area contributed by atoms with Gasteiger partial charge in [0.05, 0.1) is 4.90 Å². The van der Waals surface area contributed by atoms with Crippen molar-refractivity contribution in [1.82, 2.24) is 14.9 Å². The number of nitrogens with zero attached hydrogens (tertiary/aromatic N) is 1. The topological polar surface area (TPSA) is 78.5 Å². The number of piperidine rings is 1. The van der Waals surface area contributed by atoms with E-state index in [2.05, 4.69) is 46.1 Å². The standard InChI is InChI=1S/C22H29N3O3S/c1-16-6-4-5-7-18(16)15-25-12-10-19(11-13-25)24-22(26)21-14-20(9-8-17(21)2)29(27,28)23-3/h4-9,14,19,23H,10-13,15H2,1-3H3,(H,24,26). The van der Waals surface area contributed by atoms with E-state index in [0.29, 0.717) is 5.56 Å². The number of likely N-dealkylation sites (tertiary alicyclic amines) is 1. The van der Waals surface area contributed by atoms with E-state index in [0.717, 1.165) is 38.0 Å². The van der Waals surface area contributed by atoms with Crippen molar-refractivity contribution in [3.05, 3.63) is 64.7 Å². The van der Waals surface area contributed by atoms with Gasteiger partial charge in [0.1, 0.15) is 0 Å². The number of amides is 1. The maximum atomic E-state index is 12.8. The maximum Gasteiger partial charge on any atom is 0.251 e. The lowest BCUT2D eigenvalue weighted by Crippen LogP contribution is -2.44. The Hall–Kier alpha value is -2.22. The molecule has 1 aliphatic heterocycles. The molecule has 1 aliphatic rings. The van der Waals surface area contributed by atoms with E-state index in [9.17, 15) is 13.2 Å². The highest BCUT2D eigenvalue weighted by atomic mass is 32.2. The van der Waals surface area contributed by atoms with Crippen molar-refractivity contribution in [2.75, 3.05) is 20.1 Å². The summed E-state index contributed by atoms with van der Waals surface area (Å²) < 4.78 is 26.4. The van der Waals surface area contributed by atoms with E-state index in [1.165, 1.54) is 30.3 Å². The lowest BCUT2D eigenvalue weighted by Gasteiger charge is -2.32. The highest BCUT2D eigenvalue weighted by Gasteiger charge is 2.23. The predicted octanol–water partition coefficient (Wildman–Crippen LogP) is 2.61. The minimum Gasteiger partial charge on any atom is -0.349 e. The fourth-order valence-electron chi connectivity index (χ4n) is 3.66. The molecule has 0 atom stereocenters. The van der Waals surface area contributed by atoms with Crippen LogP contribution in [0.15, 0.2) is 47.4 Å². The fourth-order valence-corrected chi connectivity index (χ4v) is 4.41. The number of sulfonamides is 1. The number of rotatable bonds is 6. The zero-order valence-electron chi connectivity index (χ0n) is 17.2. The van der Waals surface area contributed by atoms with Crippen molar-refractivity contribution >= 4 is 15.9 Å². The van der Waals surface area contributed by atoms with E-state index in [4.69, 9.17) is 0 Å². The Kier molecular flexibility index (Phi) is 6.72. The van der Waals surface area contributed by atoms with Gasteiger partial charge in [0.2, 0.25) is 10.0 Å². The monoisotopic (exact) mass is 415 g/mol. The van der Waals surface area contributed by atoms with Crippen molar-refractivity contribution in [2.24, 2.45) is 0 Å². The summed E-state index contributed by atoms with van der Waals surface area (Å²) in [5.74, 6) is -0.215. The molecule has 2 aromatic carbocycles. The number of benzene rings is 2. The van der Waals surface area contributed by atoms with Gasteiger partial charge in [0.15, 0.2) is 0 Å². The Balaban J connectivity index is 1.60. The van der Waals surface area contributed by atoms with E-state index >= 15 is 0 Å². The van der Waals surface area contributed by atoms with Crippen LogP contribution in [0.2, 0.25) is 0 Å². The van der Waals surface area contributed by atoms with Crippen LogP contribution in [0.4, 0.5) is 0 Å². The van der Waals surface area contributed by atoms with Crippen LogP contribution >= 0.6 is 0 Å². The molecular weight excluding hydrogens is 386 g/mol. The van der Waals surface area contributed by atoms with Gasteiger partial charge < -0.3 is 5.32 Å². The van der Waals surface area contributed by atoms with E-state index in [-0.39, 0.29) is 16.8 Å². The summed E-state index contributed by atoms with van der Waals surface area (Å²) in [6, 6.07) is 13.2. The van der Waals surface area contributed by atoms with E-state index in [1.807, 2.05) is 6.92 Å². The van der Waals surface area contributed by atoms with Gasteiger partial charge in [-0.3, -0.25) is 9.69 Å². The zero-order chi connectivity index (χ0) is 21.0. The summed E-state index contributed by atoms with van der Waals surface area (Å²) in [7, 11) is -2.22. The van der Waals surface area contributed by atoms with Crippen molar-refractivity contribution in [2.45, 2.75) is 44.2 Å². The Morgan fingerprint density at radius 3 is 2.41 bits per heavy atom. The molecule has 0 spiro atoms. The van der Waals surface area contributed by atoms with Crippen LogP contribution in [0, 0.1) is 13.8 Å². The van der Waals surface area contributed by atoms with Crippen LogP contribution in [0.3, 0.4) is 0 Å². The van der Waals surface area contributed by atoms with Gasteiger partial charge in [0, 0.05) is 31.2 Å². The third-order valence-electron chi connectivity index (χ3n) is 5.61.